The highest BCUT2D eigenvalue weighted by atomic mass is 16.3. The minimum atomic E-state index is 0.0933. The van der Waals surface area contributed by atoms with Gasteiger partial charge in [-0.05, 0) is 24.6 Å². The smallest absolute Gasteiger partial charge is 0.124 e. The lowest BCUT2D eigenvalue weighted by Crippen LogP contribution is -1.90. The SMILES string of the molecule is C[C@@H](/N=C/c1ccccc1O)c1ccccc1. The molecule has 0 amide bonds. The molecule has 17 heavy (non-hydrogen) atoms. The molecule has 0 aliphatic rings. The molecule has 0 unspecified atom stereocenters. The number of rotatable bonds is 3. The van der Waals surface area contributed by atoms with Gasteiger partial charge in [0.25, 0.3) is 0 Å². The Kier molecular flexibility index (Phi) is 3.55. The number of aliphatic imine (C=N–C) groups is 1. The zero-order valence-electron chi connectivity index (χ0n) is 9.75. The Morgan fingerprint density at radius 1 is 1.00 bits per heavy atom. The molecule has 2 rings (SSSR count). The largest absolute Gasteiger partial charge is 0.507 e. The van der Waals surface area contributed by atoms with Crippen molar-refractivity contribution in [2.45, 2.75) is 13.0 Å². The van der Waals surface area contributed by atoms with E-state index in [2.05, 4.69) is 4.99 Å². The predicted molar refractivity (Wildman–Crippen MR) is 70.6 cm³/mol. The van der Waals surface area contributed by atoms with Crippen LogP contribution in [-0.4, -0.2) is 11.3 Å². The summed E-state index contributed by atoms with van der Waals surface area (Å²) in [7, 11) is 0. The summed E-state index contributed by atoms with van der Waals surface area (Å²) in [5, 5.41) is 9.60. The van der Waals surface area contributed by atoms with E-state index < -0.39 is 0 Å². The number of nitrogens with zero attached hydrogens (tertiary/aromatic N) is 1. The summed E-state index contributed by atoms with van der Waals surface area (Å²) in [4.78, 5) is 4.44. The molecule has 0 aromatic heterocycles. The number of para-hydroxylation sites is 1. The Balaban J connectivity index is 2.14. The second-order valence-electron chi connectivity index (χ2n) is 3.92. The molecule has 0 bridgehead atoms. The Bertz CT molecular complexity index is 505. The third-order valence-electron chi connectivity index (χ3n) is 2.66. The molecule has 0 fully saturated rings. The topological polar surface area (TPSA) is 32.6 Å². The van der Waals surface area contributed by atoms with Crippen molar-refractivity contribution in [1.82, 2.24) is 0 Å². The van der Waals surface area contributed by atoms with Crippen molar-refractivity contribution < 1.29 is 5.11 Å². The van der Waals surface area contributed by atoms with Crippen molar-refractivity contribution >= 4 is 6.21 Å². The zero-order chi connectivity index (χ0) is 12.1. The molecule has 2 nitrogen and oxygen atoms in total. The van der Waals surface area contributed by atoms with Crippen LogP contribution in [0.5, 0.6) is 5.75 Å². The van der Waals surface area contributed by atoms with Gasteiger partial charge < -0.3 is 5.11 Å². The van der Waals surface area contributed by atoms with Crippen LogP contribution in [0.4, 0.5) is 0 Å². The van der Waals surface area contributed by atoms with E-state index in [4.69, 9.17) is 0 Å². The maximum atomic E-state index is 9.60. The van der Waals surface area contributed by atoms with Crippen molar-refractivity contribution in [2.24, 2.45) is 4.99 Å². The number of hydrogen-bond acceptors (Lipinski definition) is 2. The monoisotopic (exact) mass is 225 g/mol. The van der Waals surface area contributed by atoms with Gasteiger partial charge in [0.1, 0.15) is 5.75 Å². The van der Waals surface area contributed by atoms with Crippen LogP contribution < -0.4 is 0 Å². The minimum Gasteiger partial charge on any atom is -0.507 e. The first-order valence-electron chi connectivity index (χ1n) is 5.63. The molecule has 0 heterocycles. The molecule has 0 saturated carbocycles. The van der Waals surface area contributed by atoms with E-state index in [1.165, 1.54) is 5.56 Å². The van der Waals surface area contributed by atoms with Gasteiger partial charge in [0, 0.05) is 11.8 Å². The number of benzene rings is 2. The maximum Gasteiger partial charge on any atom is 0.124 e. The first-order valence-corrected chi connectivity index (χ1v) is 5.63. The van der Waals surface area contributed by atoms with Gasteiger partial charge in [-0.25, -0.2) is 0 Å². The van der Waals surface area contributed by atoms with E-state index in [0.717, 1.165) is 5.56 Å². The van der Waals surface area contributed by atoms with E-state index in [-0.39, 0.29) is 11.8 Å². The van der Waals surface area contributed by atoms with Crippen molar-refractivity contribution in [2.75, 3.05) is 0 Å². The van der Waals surface area contributed by atoms with Crippen LogP contribution in [0.25, 0.3) is 0 Å². The number of phenols is 1. The van der Waals surface area contributed by atoms with Crippen molar-refractivity contribution in [1.29, 1.82) is 0 Å². The normalized spacial score (nSPS) is 12.8. The van der Waals surface area contributed by atoms with Gasteiger partial charge in [0.2, 0.25) is 0 Å². The fourth-order valence-electron chi connectivity index (χ4n) is 1.61. The molecular formula is C15H15NO. The Morgan fingerprint density at radius 2 is 1.65 bits per heavy atom. The molecule has 0 saturated heterocycles. The molecule has 2 aromatic rings. The molecular weight excluding hydrogens is 210 g/mol. The van der Waals surface area contributed by atoms with Gasteiger partial charge in [-0.15, -0.1) is 0 Å². The van der Waals surface area contributed by atoms with Crippen molar-refractivity contribution in [3.05, 3.63) is 65.7 Å². The lowest BCUT2D eigenvalue weighted by Gasteiger charge is -2.06. The van der Waals surface area contributed by atoms with Gasteiger partial charge in [-0.3, -0.25) is 4.99 Å². The molecule has 0 radical (unpaired) electrons. The van der Waals surface area contributed by atoms with Crippen LogP contribution in [0, 0.1) is 0 Å². The molecule has 2 aromatic carbocycles. The summed E-state index contributed by atoms with van der Waals surface area (Å²) in [5.41, 5.74) is 1.91. The number of hydrogen-bond donors (Lipinski definition) is 1. The molecule has 86 valence electrons. The Hall–Kier alpha value is -2.09. The standard InChI is InChI=1S/C15H15NO/c1-12(13-7-3-2-4-8-13)16-11-14-9-5-6-10-15(14)17/h2-12,17H,1H3/b16-11+/t12-/m1/s1. The summed E-state index contributed by atoms with van der Waals surface area (Å²) in [5.74, 6) is 0.261. The van der Waals surface area contributed by atoms with Gasteiger partial charge in [0.15, 0.2) is 0 Å². The molecule has 0 spiro atoms. The molecule has 2 heteroatoms. The first-order chi connectivity index (χ1) is 8.27. The highest BCUT2D eigenvalue weighted by Crippen LogP contribution is 2.18. The summed E-state index contributed by atoms with van der Waals surface area (Å²) in [6, 6.07) is 17.4. The summed E-state index contributed by atoms with van der Waals surface area (Å²) < 4.78 is 0. The van der Waals surface area contributed by atoms with Crippen LogP contribution in [0.2, 0.25) is 0 Å². The summed E-state index contributed by atoms with van der Waals surface area (Å²) in [6.07, 6.45) is 1.72. The van der Waals surface area contributed by atoms with E-state index in [1.54, 1.807) is 18.3 Å². The van der Waals surface area contributed by atoms with Gasteiger partial charge in [0.05, 0.1) is 6.04 Å². The van der Waals surface area contributed by atoms with E-state index in [0.29, 0.717) is 0 Å². The van der Waals surface area contributed by atoms with Crippen LogP contribution in [-0.2, 0) is 0 Å². The fourth-order valence-corrected chi connectivity index (χ4v) is 1.61. The second kappa shape index (κ2) is 5.30. The van der Waals surface area contributed by atoms with Crippen molar-refractivity contribution in [3.8, 4) is 5.75 Å². The average molecular weight is 225 g/mol. The quantitative estimate of drug-likeness (QED) is 0.796. The van der Waals surface area contributed by atoms with Crippen LogP contribution in [0.1, 0.15) is 24.1 Å². The predicted octanol–water partition coefficient (Wildman–Crippen LogP) is 3.57. The first kappa shape index (κ1) is 11.4. The minimum absolute atomic E-state index is 0.0933. The lowest BCUT2D eigenvalue weighted by molar-refractivity contribution is 0.474. The van der Waals surface area contributed by atoms with Gasteiger partial charge in [-0.1, -0.05) is 42.5 Å². The number of aromatic hydroxyl groups is 1. The Labute approximate surface area is 101 Å². The van der Waals surface area contributed by atoms with Crippen LogP contribution in [0.3, 0.4) is 0 Å². The van der Waals surface area contributed by atoms with Crippen LogP contribution >= 0.6 is 0 Å². The average Bonchev–Trinajstić information content (AvgIpc) is 2.38. The highest BCUT2D eigenvalue weighted by Gasteiger charge is 2.01. The van der Waals surface area contributed by atoms with Crippen molar-refractivity contribution in [3.63, 3.8) is 0 Å². The highest BCUT2D eigenvalue weighted by molar-refractivity contribution is 5.83. The Morgan fingerprint density at radius 3 is 2.35 bits per heavy atom. The zero-order valence-corrected chi connectivity index (χ0v) is 9.75. The number of phenolic OH excluding ortho intramolecular Hbond substituents is 1. The van der Waals surface area contributed by atoms with Gasteiger partial charge >= 0.3 is 0 Å². The third kappa shape index (κ3) is 2.94. The molecule has 0 aliphatic carbocycles. The summed E-state index contributed by atoms with van der Waals surface area (Å²) in [6.45, 7) is 2.03. The molecule has 1 atom stereocenters. The molecule has 1 N–H and O–H groups in total. The van der Waals surface area contributed by atoms with E-state index >= 15 is 0 Å². The van der Waals surface area contributed by atoms with E-state index in [1.807, 2.05) is 49.4 Å². The fraction of sp³-hybridized carbons (Fsp3) is 0.133. The lowest BCUT2D eigenvalue weighted by atomic mass is 10.1. The third-order valence-corrected chi connectivity index (χ3v) is 2.66. The maximum absolute atomic E-state index is 9.60. The second-order valence-corrected chi connectivity index (χ2v) is 3.92. The molecule has 0 aliphatic heterocycles. The van der Waals surface area contributed by atoms with E-state index in [9.17, 15) is 5.11 Å². The van der Waals surface area contributed by atoms with Crippen LogP contribution in [0.15, 0.2) is 59.6 Å². The summed E-state index contributed by atoms with van der Waals surface area (Å²) >= 11 is 0. The van der Waals surface area contributed by atoms with Gasteiger partial charge in [-0.2, -0.15) is 0 Å².